The molecule has 1 amide bonds. The van der Waals surface area contributed by atoms with Gasteiger partial charge in [-0.05, 0) is 25.0 Å². The smallest absolute Gasteiger partial charge is 0.223 e. The quantitative estimate of drug-likeness (QED) is 0.811. The number of hydrogen-bond donors (Lipinski definition) is 2. The van der Waals surface area contributed by atoms with Crippen LogP contribution in [-0.2, 0) is 4.79 Å². The number of aliphatic hydroxyl groups excluding tert-OH is 1. The van der Waals surface area contributed by atoms with E-state index < -0.39 is 0 Å². The second-order valence-electron chi connectivity index (χ2n) is 5.70. The van der Waals surface area contributed by atoms with Crippen molar-refractivity contribution < 1.29 is 19.0 Å². The van der Waals surface area contributed by atoms with Gasteiger partial charge >= 0.3 is 0 Å². The predicted molar refractivity (Wildman–Crippen MR) is 77.5 cm³/mol. The minimum absolute atomic E-state index is 0.105. The van der Waals surface area contributed by atoms with E-state index in [0.717, 1.165) is 25.7 Å². The van der Waals surface area contributed by atoms with Crippen molar-refractivity contribution in [2.75, 3.05) is 19.8 Å². The van der Waals surface area contributed by atoms with Gasteiger partial charge in [-0.2, -0.15) is 0 Å². The molecule has 1 fully saturated rings. The number of aliphatic hydroxyl groups is 1. The lowest BCUT2D eigenvalue weighted by Crippen LogP contribution is -2.38. The first kappa shape index (κ1) is 15.8. The molecule has 1 aromatic rings. The Morgan fingerprint density at radius 3 is 2.81 bits per heavy atom. The Bertz CT molecular complexity index is 472. The first-order valence-corrected chi connectivity index (χ1v) is 7.39. The Balaban J connectivity index is 1.68. The maximum atomic E-state index is 12.9. The number of halogens is 1. The van der Waals surface area contributed by atoms with Crippen molar-refractivity contribution in [3.05, 3.63) is 30.1 Å². The summed E-state index contributed by atoms with van der Waals surface area (Å²) in [5, 5.41) is 12.3. The minimum Gasteiger partial charge on any atom is -0.493 e. The zero-order valence-electron chi connectivity index (χ0n) is 12.1. The monoisotopic (exact) mass is 295 g/mol. The van der Waals surface area contributed by atoms with Crippen LogP contribution in [0, 0.1) is 11.2 Å². The Morgan fingerprint density at radius 1 is 1.38 bits per heavy atom. The molecule has 1 aromatic carbocycles. The van der Waals surface area contributed by atoms with Gasteiger partial charge in [-0.3, -0.25) is 4.79 Å². The van der Waals surface area contributed by atoms with Gasteiger partial charge in [0.2, 0.25) is 5.91 Å². The molecule has 1 aliphatic carbocycles. The third kappa shape index (κ3) is 4.70. The van der Waals surface area contributed by atoms with Crippen molar-refractivity contribution in [3.63, 3.8) is 0 Å². The van der Waals surface area contributed by atoms with Gasteiger partial charge in [-0.15, -0.1) is 0 Å². The highest BCUT2D eigenvalue weighted by atomic mass is 19.1. The average molecular weight is 295 g/mol. The zero-order chi connectivity index (χ0) is 15.1. The summed E-state index contributed by atoms with van der Waals surface area (Å²) in [5.74, 6) is -0.0420. The van der Waals surface area contributed by atoms with Crippen molar-refractivity contribution in [3.8, 4) is 5.75 Å². The second-order valence-corrected chi connectivity index (χ2v) is 5.70. The molecule has 0 unspecified atom stereocenters. The molecule has 0 aliphatic heterocycles. The van der Waals surface area contributed by atoms with E-state index in [1.54, 1.807) is 12.1 Å². The van der Waals surface area contributed by atoms with E-state index in [-0.39, 0.29) is 36.8 Å². The molecule has 1 saturated carbocycles. The lowest BCUT2D eigenvalue weighted by molar-refractivity contribution is -0.122. The van der Waals surface area contributed by atoms with Gasteiger partial charge in [-0.25, -0.2) is 4.39 Å². The molecule has 0 atom stereocenters. The molecule has 0 saturated heterocycles. The molecular formula is C16H22FNO3. The molecule has 116 valence electrons. The zero-order valence-corrected chi connectivity index (χ0v) is 12.1. The van der Waals surface area contributed by atoms with Crippen molar-refractivity contribution in [1.29, 1.82) is 0 Å². The van der Waals surface area contributed by atoms with Crippen molar-refractivity contribution in [1.82, 2.24) is 5.32 Å². The Morgan fingerprint density at radius 2 is 2.14 bits per heavy atom. The van der Waals surface area contributed by atoms with Gasteiger partial charge in [0.05, 0.1) is 19.6 Å². The fourth-order valence-electron chi connectivity index (χ4n) is 2.71. The maximum absolute atomic E-state index is 12.9. The minimum atomic E-state index is -0.358. The summed E-state index contributed by atoms with van der Waals surface area (Å²) < 4.78 is 18.3. The van der Waals surface area contributed by atoms with E-state index in [0.29, 0.717) is 12.3 Å². The topological polar surface area (TPSA) is 58.6 Å². The molecule has 0 radical (unpaired) electrons. The van der Waals surface area contributed by atoms with E-state index >= 15 is 0 Å². The van der Waals surface area contributed by atoms with Crippen molar-refractivity contribution in [2.45, 2.75) is 32.1 Å². The van der Waals surface area contributed by atoms with Crippen LogP contribution in [0.2, 0.25) is 0 Å². The molecule has 2 N–H and O–H groups in total. The molecule has 0 heterocycles. The first-order chi connectivity index (χ1) is 10.1. The molecule has 0 spiro atoms. The highest BCUT2D eigenvalue weighted by Gasteiger charge is 2.33. The van der Waals surface area contributed by atoms with Crippen LogP contribution >= 0.6 is 0 Å². The third-order valence-corrected chi connectivity index (χ3v) is 4.05. The van der Waals surface area contributed by atoms with Crippen LogP contribution in [0.15, 0.2) is 24.3 Å². The number of hydrogen-bond acceptors (Lipinski definition) is 3. The van der Waals surface area contributed by atoms with Gasteiger partial charge < -0.3 is 15.2 Å². The molecule has 0 bridgehead atoms. The Labute approximate surface area is 124 Å². The summed E-state index contributed by atoms with van der Waals surface area (Å²) in [4.78, 5) is 11.8. The van der Waals surface area contributed by atoms with Crippen LogP contribution in [0.25, 0.3) is 0 Å². The molecular weight excluding hydrogens is 273 g/mol. The summed E-state index contributed by atoms with van der Waals surface area (Å²) in [6.07, 6.45) is 4.36. The Kier molecular flexibility index (Phi) is 5.56. The Hall–Kier alpha value is -1.62. The number of nitrogens with one attached hydrogen (secondary N) is 1. The van der Waals surface area contributed by atoms with Crippen LogP contribution in [0.1, 0.15) is 32.1 Å². The number of amides is 1. The van der Waals surface area contributed by atoms with Gasteiger partial charge in [0.1, 0.15) is 11.6 Å². The van der Waals surface area contributed by atoms with E-state index in [4.69, 9.17) is 4.74 Å². The van der Waals surface area contributed by atoms with Crippen LogP contribution in [0.5, 0.6) is 5.75 Å². The summed E-state index contributed by atoms with van der Waals surface area (Å²) in [5.41, 5.74) is -0.140. The second kappa shape index (κ2) is 7.41. The predicted octanol–water partition coefficient (Wildman–Crippen LogP) is 2.26. The standard InChI is InChI=1S/C16H22FNO3/c17-13-4-3-5-14(10-13)21-9-6-15(20)18-11-16(12-19)7-1-2-8-16/h3-5,10,19H,1-2,6-9,11-12H2,(H,18,20). The lowest BCUT2D eigenvalue weighted by atomic mass is 9.87. The maximum Gasteiger partial charge on any atom is 0.223 e. The van der Waals surface area contributed by atoms with E-state index in [9.17, 15) is 14.3 Å². The highest BCUT2D eigenvalue weighted by molar-refractivity contribution is 5.76. The molecule has 1 aliphatic rings. The molecule has 4 nitrogen and oxygen atoms in total. The number of carbonyl (C=O) groups excluding carboxylic acids is 1. The van der Waals surface area contributed by atoms with Gasteiger partial charge in [0, 0.05) is 18.0 Å². The molecule has 21 heavy (non-hydrogen) atoms. The van der Waals surface area contributed by atoms with Crippen LogP contribution in [0.4, 0.5) is 4.39 Å². The molecule has 0 aromatic heterocycles. The normalized spacial score (nSPS) is 16.7. The summed E-state index contributed by atoms with van der Waals surface area (Å²) >= 11 is 0. The van der Waals surface area contributed by atoms with E-state index in [2.05, 4.69) is 5.32 Å². The number of ether oxygens (including phenoxy) is 1. The third-order valence-electron chi connectivity index (χ3n) is 4.05. The fraction of sp³-hybridized carbons (Fsp3) is 0.562. The number of benzene rings is 1. The van der Waals surface area contributed by atoms with Gasteiger partial charge in [0.15, 0.2) is 0 Å². The van der Waals surface area contributed by atoms with Crippen LogP contribution < -0.4 is 10.1 Å². The molecule has 2 rings (SSSR count). The van der Waals surface area contributed by atoms with E-state index in [1.165, 1.54) is 12.1 Å². The first-order valence-electron chi connectivity index (χ1n) is 7.39. The highest BCUT2D eigenvalue weighted by Crippen LogP contribution is 2.36. The fourth-order valence-corrected chi connectivity index (χ4v) is 2.71. The SMILES string of the molecule is O=C(CCOc1cccc(F)c1)NCC1(CO)CCCC1. The van der Waals surface area contributed by atoms with Crippen molar-refractivity contribution in [2.24, 2.45) is 5.41 Å². The lowest BCUT2D eigenvalue weighted by Gasteiger charge is -2.26. The van der Waals surface area contributed by atoms with Crippen molar-refractivity contribution >= 4 is 5.91 Å². The summed E-state index contributed by atoms with van der Waals surface area (Å²) in [6, 6.07) is 5.85. The number of carbonyl (C=O) groups is 1. The van der Waals surface area contributed by atoms with Crippen LogP contribution in [-0.4, -0.2) is 30.8 Å². The summed E-state index contributed by atoms with van der Waals surface area (Å²) in [7, 11) is 0. The van der Waals surface area contributed by atoms with Crippen LogP contribution in [0.3, 0.4) is 0 Å². The largest absolute Gasteiger partial charge is 0.493 e. The average Bonchev–Trinajstić information content (AvgIpc) is 2.95. The number of rotatable bonds is 7. The van der Waals surface area contributed by atoms with E-state index in [1.807, 2.05) is 0 Å². The summed E-state index contributed by atoms with van der Waals surface area (Å²) in [6.45, 7) is 0.844. The van der Waals surface area contributed by atoms with Gasteiger partial charge in [-0.1, -0.05) is 18.9 Å². The molecule has 5 heteroatoms. The van der Waals surface area contributed by atoms with Gasteiger partial charge in [0.25, 0.3) is 0 Å².